The molecule has 0 fully saturated rings. The van der Waals surface area contributed by atoms with Crippen molar-refractivity contribution in [3.8, 4) is 0 Å². The molecule has 1 aromatic carbocycles. The largest absolute Gasteiger partial charge is 0.385 e. The van der Waals surface area contributed by atoms with Crippen LogP contribution in [0.5, 0.6) is 0 Å². The fourth-order valence-corrected chi connectivity index (χ4v) is 3.19. The Labute approximate surface area is 165 Å². The fraction of sp³-hybridized carbons (Fsp3) is 0.429. The van der Waals surface area contributed by atoms with Gasteiger partial charge in [0.2, 0.25) is 5.91 Å². The zero-order valence-electron chi connectivity index (χ0n) is 16.9. The molecule has 7 heteroatoms. The van der Waals surface area contributed by atoms with Crippen LogP contribution in [-0.4, -0.2) is 55.0 Å². The molecule has 0 saturated heterocycles. The lowest BCUT2D eigenvalue weighted by molar-refractivity contribution is -0.116. The molecular weight excluding hydrogens is 361 g/mol. The summed E-state index contributed by atoms with van der Waals surface area (Å²) in [6, 6.07) is 7.60. The second-order valence-electron chi connectivity index (χ2n) is 6.94. The maximum absolute atomic E-state index is 13.2. The van der Waals surface area contributed by atoms with E-state index in [-0.39, 0.29) is 24.8 Å². The van der Waals surface area contributed by atoms with Crippen molar-refractivity contribution < 1.29 is 18.7 Å². The lowest BCUT2D eigenvalue weighted by Gasteiger charge is -2.16. The summed E-state index contributed by atoms with van der Waals surface area (Å²) in [6.45, 7) is 5.54. The summed E-state index contributed by atoms with van der Waals surface area (Å²) >= 11 is 0. The smallest absolute Gasteiger partial charge is 0.238 e. The third-order valence-corrected chi connectivity index (χ3v) is 4.54. The molecule has 0 aliphatic rings. The minimum Gasteiger partial charge on any atom is -0.385 e. The van der Waals surface area contributed by atoms with E-state index in [1.807, 2.05) is 19.9 Å². The van der Waals surface area contributed by atoms with Gasteiger partial charge in [-0.2, -0.15) is 0 Å². The average molecular weight is 389 g/mol. The first-order valence-electron chi connectivity index (χ1n) is 9.24. The first-order valence-corrected chi connectivity index (χ1v) is 9.24. The first kappa shape index (κ1) is 21.8. The predicted octanol–water partition coefficient (Wildman–Crippen LogP) is 3.03. The summed E-state index contributed by atoms with van der Waals surface area (Å²) in [6.07, 6.45) is 0.876. The van der Waals surface area contributed by atoms with E-state index in [4.69, 9.17) is 4.74 Å². The number of ether oxygens (including phenoxy) is 1. The van der Waals surface area contributed by atoms with Crippen molar-refractivity contribution in [2.75, 3.05) is 39.2 Å². The number of nitrogens with zero attached hydrogens (tertiary/aromatic N) is 2. The number of rotatable bonds is 10. The van der Waals surface area contributed by atoms with E-state index >= 15 is 0 Å². The number of halogens is 1. The first-order chi connectivity index (χ1) is 13.3. The lowest BCUT2D eigenvalue weighted by atomic mass is 10.1. The van der Waals surface area contributed by atoms with Gasteiger partial charge in [-0.15, -0.1) is 0 Å². The highest BCUT2D eigenvalue weighted by Gasteiger charge is 2.18. The SMILES string of the molecule is COCCCn1c(C)cc(C(=O)CN(C)CC(=O)Nc2cccc(F)c2)c1C. The minimum absolute atomic E-state index is 0.0350. The summed E-state index contributed by atoms with van der Waals surface area (Å²) in [7, 11) is 3.38. The van der Waals surface area contributed by atoms with E-state index in [9.17, 15) is 14.0 Å². The van der Waals surface area contributed by atoms with Crippen LogP contribution in [0.15, 0.2) is 30.3 Å². The maximum Gasteiger partial charge on any atom is 0.238 e. The second-order valence-corrected chi connectivity index (χ2v) is 6.94. The van der Waals surface area contributed by atoms with E-state index < -0.39 is 5.82 Å². The average Bonchev–Trinajstić information content (AvgIpc) is 2.89. The van der Waals surface area contributed by atoms with Crippen LogP contribution < -0.4 is 5.32 Å². The van der Waals surface area contributed by atoms with Crippen molar-refractivity contribution in [1.82, 2.24) is 9.47 Å². The van der Waals surface area contributed by atoms with Gasteiger partial charge < -0.3 is 14.6 Å². The Morgan fingerprint density at radius 3 is 2.64 bits per heavy atom. The van der Waals surface area contributed by atoms with E-state index in [2.05, 4.69) is 9.88 Å². The van der Waals surface area contributed by atoms with E-state index in [0.29, 0.717) is 17.9 Å². The molecule has 0 unspecified atom stereocenters. The molecule has 0 spiro atoms. The highest BCUT2D eigenvalue weighted by Crippen LogP contribution is 2.17. The van der Waals surface area contributed by atoms with Crippen molar-refractivity contribution in [2.45, 2.75) is 26.8 Å². The third kappa shape index (κ3) is 6.00. The van der Waals surface area contributed by atoms with Crippen LogP contribution in [0.25, 0.3) is 0 Å². The van der Waals surface area contributed by atoms with Gasteiger partial charge in [-0.25, -0.2) is 4.39 Å². The van der Waals surface area contributed by atoms with Gasteiger partial charge in [0.1, 0.15) is 5.82 Å². The zero-order valence-corrected chi connectivity index (χ0v) is 16.9. The summed E-state index contributed by atoms with van der Waals surface area (Å²) in [4.78, 5) is 26.5. The van der Waals surface area contributed by atoms with Gasteiger partial charge in [0.25, 0.3) is 0 Å². The molecule has 1 N–H and O–H groups in total. The number of aromatic nitrogens is 1. The number of nitrogens with one attached hydrogen (secondary N) is 1. The molecule has 0 atom stereocenters. The van der Waals surface area contributed by atoms with Crippen LogP contribution >= 0.6 is 0 Å². The minimum atomic E-state index is -0.415. The predicted molar refractivity (Wildman–Crippen MR) is 107 cm³/mol. The number of carbonyl (C=O) groups is 2. The molecule has 28 heavy (non-hydrogen) atoms. The Kier molecular flexibility index (Phi) is 7.90. The van der Waals surface area contributed by atoms with E-state index in [0.717, 1.165) is 24.4 Å². The van der Waals surface area contributed by atoms with Crippen LogP contribution in [0.3, 0.4) is 0 Å². The lowest BCUT2D eigenvalue weighted by Crippen LogP contribution is -2.34. The van der Waals surface area contributed by atoms with Gasteiger partial charge in [0, 0.05) is 42.9 Å². The summed E-state index contributed by atoms with van der Waals surface area (Å²) in [5.74, 6) is -0.750. The van der Waals surface area contributed by atoms with Crippen LogP contribution in [0.2, 0.25) is 0 Å². The summed E-state index contributed by atoms with van der Waals surface area (Å²) in [5, 5.41) is 2.63. The van der Waals surface area contributed by atoms with E-state index in [1.165, 1.54) is 18.2 Å². The van der Waals surface area contributed by atoms with Crippen molar-refractivity contribution in [3.63, 3.8) is 0 Å². The number of hydrogen-bond acceptors (Lipinski definition) is 4. The monoisotopic (exact) mass is 389 g/mol. The standard InChI is InChI=1S/C21H28FN3O3/c1-15-11-19(16(2)25(15)9-6-10-28-4)20(26)13-24(3)14-21(27)23-18-8-5-7-17(22)12-18/h5,7-8,11-12H,6,9-10,13-14H2,1-4H3,(H,23,27). The number of benzene rings is 1. The van der Waals surface area contributed by atoms with Gasteiger partial charge >= 0.3 is 0 Å². The maximum atomic E-state index is 13.2. The highest BCUT2D eigenvalue weighted by molar-refractivity contribution is 5.99. The molecule has 2 aromatic rings. The molecule has 0 bridgehead atoms. The van der Waals surface area contributed by atoms with Crippen molar-refractivity contribution in [2.24, 2.45) is 0 Å². The number of Topliss-reactive ketones (excluding diaryl/α,β-unsaturated/α-hetero) is 1. The molecule has 1 aromatic heterocycles. The second kappa shape index (κ2) is 10.1. The van der Waals surface area contributed by atoms with Crippen LogP contribution in [0.4, 0.5) is 10.1 Å². The van der Waals surface area contributed by atoms with Crippen molar-refractivity contribution in [1.29, 1.82) is 0 Å². The van der Waals surface area contributed by atoms with Gasteiger partial charge in [-0.05, 0) is 51.6 Å². The summed E-state index contributed by atoms with van der Waals surface area (Å²) < 4.78 is 20.4. The molecular formula is C21H28FN3O3. The van der Waals surface area contributed by atoms with Crippen molar-refractivity contribution >= 4 is 17.4 Å². The molecule has 0 saturated carbocycles. The number of methoxy groups -OCH3 is 1. The number of hydrogen-bond donors (Lipinski definition) is 1. The highest BCUT2D eigenvalue weighted by atomic mass is 19.1. The van der Waals surface area contributed by atoms with E-state index in [1.54, 1.807) is 25.1 Å². The van der Waals surface area contributed by atoms with Crippen LogP contribution in [-0.2, 0) is 16.1 Å². The number of likely N-dealkylation sites (N-methyl/N-ethyl adjacent to an activating group) is 1. The van der Waals surface area contributed by atoms with Gasteiger partial charge in [0.15, 0.2) is 5.78 Å². The van der Waals surface area contributed by atoms with Gasteiger partial charge in [-0.1, -0.05) is 6.07 Å². The molecule has 1 amide bonds. The molecule has 6 nitrogen and oxygen atoms in total. The van der Waals surface area contributed by atoms with Crippen molar-refractivity contribution in [3.05, 3.63) is 53.1 Å². The Hall–Kier alpha value is -2.51. The normalized spacial score (nSPS) is 11.1. The molecule has 0 radical (unpaired) electrons. The number of ketones is 1. The van der Waals surface area contributed by atoms with Gasteiger partial charge in [-0.3, -0.25) is 14.5 Å². The molecule has 2 rings (SSSR count). The van der Waals surface area contributed by atoms with Crippen LogP contribution in [0, 0.1) is 19.7 Å². The number of amides is 1. The Morgan fingerprint density at radius 2 is 1.96 bits per heavy atom. The topological polar surface area (TPSA) is 63.6 Å². The third-order valence-electron chi connectivity index (χ3n) is 4.54. The van der Waals surface area contributed by atoms with Gasteiger partial charge in [0.05, 0.1) is 13.1 Å². The summed E-state index contributed by atoms with van der Waals surface area (Å²) in [5.41, 5.74) is 3.02. The van der Waals surface area contributed by atoms with Crippen LogP contribution in [0.1, 0.15) is 28.2 Å². The number of aryl methyl sites for hydroxylation is 1. The molecule has 0 aliphatic heterocycles. The Morgan fingerprint density at radius 1 is 1.21 bits per heavy atom. The Balaban J connectivity index is 1.93. The quantitative estimate of drug-likeness (QED) is 0.501. The zero-order chi connectivity index (χ0) is 20.7. The molecule has 0 aliphatic carbocycles. The number of carbonyl (C=O) groups excluding carboxylic acids is 2. The molecule has 1 heterocycles. The Bertz CT molecular complexity index is 832. The molecule has 152 valence electrons. The fourth-order valence-electron chi connectivity index (χ4n) is 3.19. The number of anilines is 1.